The van der Waals surface area contributed by atoms with Crippen LogP contribution in [0.4, 0.5) is 5.69 Å². The lowest BCUT2D eigenvalue weighted by molar-refractivity contribution is 0.415. The van der Waals surface area contributed by atoms with Crippen LogP contribution in [0.25, 0.3) is 0 Å². The van der Waals surface area contributed by atoms with E-state index in [4.69, 9.17) is 4.74 Å². The van der Waals surface area contributed by atoms with Gasteiger partial charge < -0.3 is 4.74 Å². The molecule has 1 rings (SSSR count). The number of nitrogens with one attached hydrogen (secondary N) is 1. The summed E-state index contributed by atoms with van der Waals surface area (Å²) in [5.74, 6) is 0.787. The van der Waals surface area contributed by atoms with Crippen molar-refractivity contribution < 1.29 is 13.2 Å². The summed E-state index contributed by atoms with van der Waals surface area (Å²) in [5.41, 5.74) is 0.285. The van der Waals surface area contributed by atoms with Gasteiger partial charge in [-0.3, -0.25) is 4.72 Å². The van der Waals surface area contributed by atoms with Gasteiger partial charge in [0.1, 0.15) is 5.75 Å². The van der Waals surface area contributed by atoms with Crippen LogP contribution < -0.4 is 9.46 Å². The fourth-order valence-electron chi connectivity index (χ4n) is 1.44. The van der Waals surface area contributed by atoms with Crippen LogP contribution in [-0.2, 0) is 10.0 Å². The van der Waals surface area contributed by atoms with Gasteiger partial charge in [-0.1, -0.05) is 20.8 Å². The normalized spacial score (nSPS) is 12.2. The van der Waals surface area contributed by atoms with Crippen LogP contribution in [0, 0.1) is 5.41 Å². The second kappa shape index (κ2) is 4.96. The minimum atomic E-state index is -3.30. The number of ether oxygens (including phenoxy) is 1. The molecule has 0 radical (unpaired) electrons. The summed E-state index contributed by atoms with van der Waals surface area (Å²) >= 11 is 0. The lowest BCUT2D eigenvalue weighted by atomic mass is 10.0. The predicted molar refractivity (Wildman–Crippen MR) is 69.9 cm³/mol. The summed E-state index contributed by atoms with van der Waals surface area (Å²) in [6, 6.07) is 6.79. The number of hydrogen-bond donors (Lipinski definition) is 1. The molecule has 4 nitrogen and oxygen atoms in total. The van der Waals surface area contributed by atoms with Crippen LogP contribution in [0.3, 0.4) is 0 Å². The van der Waals surface area contributed by atoms with Crippen LogP contribution >= 0.6 is 0 Å². The third kappa shape index (κ3) is 5.08. The van der Waals surface area contributed by atoms with Crippen molar-refractivity contribution in [2.75, 3.05) is 17.6 Å². The molecule has 0 unspecified atom stereocenters. The molecule has 1 aromatic carbocycles. The summed E-state index contributed by atoms with van der Waals surface area (Å²) < 4.78 is 31.2. The van der Waals surface area contributed by atoms with Gasteiger partial charge in [0.05, 0.1) is 12.9 Å². The highest BCUT2D eigenvalue weighted by Gasteiger charge is 2.21. The van der Waals surface area contributed by atoms with Crippen LogP contribution in [-0.4, -0.2) is 21.3 Å². The number of anilines is 1. The third-order valence-electron chi connectivity index (χ3n) is 1.99. The Kier molecular flexibility index (Phi) is 4.03. The highest BCUT2D eigenvalue weighted by atomic mass is 32.2. The topological polar surface area (TPSA) is 55.4 Å². The first-order valence-electron chi connectivity index (χ1n) is 5.36. The molecule has 0 aromatic heterocycles. The van der Waals surface area contributed by atoms with E-state index in [1.165, 1.54) is 0 Å². The zero-order chi connectivity index (χ0) is 13.1. The average Bonchev–Trinajstić information content (AvgIpc) is 2.14. The molecule has 0 amide bonds. The second-order valence-corrected chi connectivity index (χ2v) is 6.87. The second-order valence-electron chi connectivity index (χ2n) is 5.15. The van der Waals surface area contributed by atoms with Crippen LogP contribution in [0.5, 0.6) is 5.75 Å². The van der Waals surface area contributed by atoms with Crippen molar-refractivity contribution in [3.05, 3.63) is 24.3 Å². The highest BCUT2D eigenvalue weighted by molar-refractivity contribution is 7.92. The highest BCUT2D eigenvalue weighted by Crippen LogP contribution is 2.20. The maximum atomic E-state index is 11.8. The molecule has 96 valence electrons. The van der Waals surface area contributed by atoms with Gasteiger partial charge in [0, 0.05) is 5.69 Å². The average molecular weight is 257 g/mol. The van der Waals surface area contributed by atoms with E-state index in [9.17, 15) is 8.42 Å². The van der Waals surface area contributed by atoms with Gasteiger partial charge in [-0.2, -0.15) is 0 Å². The lowest BCUT2D eigenvalue weighted by Crippen LogP contribution is -2.26. The Morgan fingerprint density at radius 2 is 1.71 bits per heavy atom. The first-order valence-corrected chi connectivity index (χ1v) is 7.02. The van der Waals surface area contributed by atoms with E-state index in [-0.39, 0.29) is 11.2 Å². The molecule has 0 aliphatic rings. The third-order valence-corrected chi connectivity index (χ3v) is 3.78. The van der Waals surface area contributed by atoms with Gasteiger partial charge in [0.25, 0.3) is 0 Å². The zero-order valence-corrected chi connectivity index (χ0v) is 11.5. The van der Waals surface area contributed by atoms with E-state index in [1.807, 2.05) is 20.8 Å². The quantitative estimate of drug-likeness (QED) is 0.901. The first-order chi connectivity index (χ1) is 7.72. The van der Waals surface area contributed by atoms with E-state index >= 15 is 0 Å². The summed E-state index contributed by atoms with van der Waals surface area (Å²) in [7, 11) is -1.73. The van der Waals surface area contributed by atoms with Gasteiger partial charge in [0.15, 0.2) is 0 Å². The van der Waals surface area contributed by atoms with Crippen LogP contribution in [0.2, 0.25) is 0 Å². The molecule has 1 N–H and O–H groups in total. The van der Waals surface area contributed by atoms with E-state index in [0.29, 0.717) is 11.4 Å². The minimum absolute atomic E-state index is 0.0893. The molecule has 0 aliphatic heterocycles. The molecule has 0 aliphatic carbocycles. The number of hydrogen-bond acceptors (Lipinski definition) is 3. The van der Waals surface area contributed by atoms with Gasteiger partial charge in [-0.15, -0.1) is 0 Å². The molecule has 0 atom stereocenters. The zero-order valence-electron chi connectivity index (χ0n) is 10.6. The Balaban J connectivity index is 2.76. The Morgan fingerprint density at radius 3 is 2.12 bits per heavy atom. The van der Waals surface area contributed by atoms with E-state index < -0.39 is 10.0 Å². The Labute approximate surface area is 103 Å². The maximum absolute atomic E-state index is 11.8. The van der Waals surface area contributed by atoms with Gasteiger partial charge in [0.2, 0.25) is 10.0 Å². The smallest absolute Gasteiger partial charge is 0.233 e. The number of rotatable bonds is 4. The van der Waals surface area contributed by atoms with Crippen molar-refractivity contribution in [3.8, 4) is 5.75 Å². The fourth-order valence-corrected chi connectivity index (χ4v) is 3.15. The summed E-state index contributed by atoms with van der Waals surface area (Å²) in [6.45, 7) is 5.67. The van der Waals surface area contributed by atoms with E-state index in [0.717, 1.165) is 0 Å². The predicted octanol–water partition coefficient (Wildman–Crippen LogP) is 2.48. The molecular weight excluding hydrogens is 238 g/mol. The number of methoxy groups -OCH3 is 1. The molecular formula is C12H19NO3S. The fraction of sp³-hybridized carbons (Fsp3) is 0.500. The molecule has 0 saturated carbocycles. The van der Waals surface area contributed by atoms with Crippen molar-refractivity contribution in [1.82, 2.24) is 0 Å². The van der Waals surface area contributed by atoms with Crippen molar-refractivity contribution in [2.45, 2.75) is 20.8 Å². The molecule has 0 saturated heterocycles. The number of sulfonamides is 1. The summed E-state index contributed by atoms with van der Waals surface area (Å²) in [4.78, 5) is 0. The first kappa shape index (κ1) is 13.8. The molecule has 17 heavy (non-hydrogen) atoms. The molecule has 0 fully saturated rings. The Hall–Kier alpha value is -1.23. The largest absolute Gasteiger partial charge is 0.497 e. The maximum Gasteiger partial charge on any atom is 0.233 e. The van der Waals surface area contributed by atoms with Gasteiger partial charge in [-0.25, -0.2) is 8.42 Å². The standard InChI is InChI=1S/C12H19NO3S/c1-12(2,3)9-17(14,15)13-10-5-7-11(16-4)8-6-10/h5-8,13H,9H2,1-4H3. The molecule has 1 aromatic rings. The Bertz CT molecular complexity index is 458. The van der Waals surface area contributed by atoms with Crippen molar-refractivity contribution in [1.29, 1.82) is 0 Å². The minimum Gasteiger partial charge on any atom is -0.497 e. The molecule has 0 spiro atoms. The molecule has 0 bridgehead atoms. The van der Waals surface area contributed by atoms with Crippen LogP contribution in [0.15, 0.2) is 24.3 Å². The molecule has 5 heteroatoms. The molecule has 0 heterocycles. The van der Waals surface area contributed by atoms with Crippen molar-refractivity contribution in [3.63, 3.8) is 0 Å². The Morgan fingerprint density at radius 1 is 1.18 bits per heavy atom. The van der Waals surface area contributed by atoms with E-state index in [1.54, 1.807) is 31.4 Å². The monoisotopic (exact) mass is 257 g/mol. The van der Waals surface area contributed by atoms with E-state index in [2.05, 4.69) is 4.72 Å². The van der Waals surface area contributed by atoms with Gasteiger partial charge >= 0.3 is 0 Å². The SMILES string of the molecule is COc1ccc(NS(=O)(=O)CC(C)(C)C)cc1. The van der Waals surface area contributed by atoms with Gasteiger partial charge in [-0.05, 0) is 29.7 Å². The van der Waals surface area contributed by atoms with Crippen molar-refractivity contribution >= 4 is 15.7 Å². The summed E-state index contributed by atoms with van der Waals surface area (Å²) in [6.07, 6.45) is 0. The van der Waals surface area contributed by atoms with Crippen molar-refractivity contribution in [2.24, 2.45) is 5.41 Å². The van der Waals surface area contributed by atoms with Crippen LogP contribution in [0.1, 0.15) is 20.8 Å². The summed E-state index contributed by atoms with van der Waals surface area (Å²) in [5, 5.41) is 0. The number of benzene rings is 1. The lowest BCUT2D eigenvalue weighted by Gasteiger charge is -2.18.